The maximum atomic E-state index is 5.97. The highest BCUT2D eigenvalue weighted by molar-refractivity contribution is 4.89. The van der Waals surface area contributed by atoms with Gasteiger partial charge in [-0.2, -0.15) is 0 Å². The van der Waals surface area contributed by atoms with Gasteiger partial charge in [0.25, 0.3) is 0 Å². The first-order valence-corrected chi connectivity index (χ1v) is 6.86. The fourth-order valence-electron chi connectivity index (χ4n) is 3.43. The quantitative estimate of drug-likeness (QED) is 0.765. The van der Waals surface area contributed by atoms with E-state index in [1.54, 1.807) is 0 Å². The molecule has 2 aliphatic rings. The fourth-order valence-corrected chi connectivity index (χ4v) is 3.43. The topological polar surface area (TPSA) is 32.5 Å². The number of hydrogen-bond acceptors (Lipinski definition) is 3. The second-order valence-electron chi connectivity index (χ2n) is 5.69. The average Bonchev–Trinajstić information content (AvgIpc) is 2.30. The van der Waals surface area contributed by atoms with E-state index in [9.17, 15) is 0 Å². The standard InChI is InChI=1S/C13H27N3/c1-11-4-3-7-16(13(11)10-14)12-5-8-15(2)9-6-12/h11-13H,3-10,14H2,1-2H3. The van der Waals surface area contributed by atoms with Crippen LogP contribution in [0.15, 0.2) is 0 Å². The minimum Gasteiger partial charge on any atom is -0.329 e. The van der Waals surface area contributed by atoms with Crippen molar-refractivity contribution in [2.24, 2.45) is 11.7 Å². The molecule has 0 aromatic carbocycles. The van der Waals surface area contributed by atoms with Crippen LogP contribution in [0, 0.1) is 5.92 Å². The molecule has 0 aromatic rings. The van der Waals surface area contributed by atoms with Crippen LogP contribution in [0.25, 0.3) is 0 Å². The molecule has 0 aromatic heterocycles. The zero-order valence-corrected chi connectivity index (χ0v) is 10.9. The second-order valence-corrected chi connectivity index (χ2v) is 5.69. The maximum absolute atomic E-state index is 5.97. The van der Waals surface area contributed by atoms with Crippen LogP contribution in [0.1, 0.15) is 32.6 Å². The minimum absolute atomic E-state index is 0.641. The summed E-state index contributed by atoms with van der Waals surface area (Å²) < 4.78 is 0. The van der Waals surface area contributed by atoms with Crippen molar-refractivity contribution in [3.05, 3.63) is 0 Å². The van der Waals surface area contributed by atoms with Crippen LogP contribution in [0.3, 0.4) is 0 Å². The van der Waals surface area contributed by atoms with Crippen LogP contribution in [-0.4, -0.2) is 55.1 Å². The molecule has 2 saturated heterocycles. The average molecular weight is 225 g/mol. The zero-order valence-electron chi connectivity index (χ0n) is 10.9. The molecule has 0 aliphatic carbocycles. The molecule has 3 heteroatoms. The molecule has 2 fully saturated rings. The molecule has 94 valence electrons. The molecule has 0 bridgehead atoms. The molecule has 2 rings (SSSR count). The number of nitrogens with zero attached hydrogens (tertiary/aromatic N) is 2. The lowest BCUT2D eigenvalue weighted by molar-refractivity contribution is 0.0331. The van der Waals surface area contributed by atoms with Crippen molar-refractivity contribution in [2.45, 2.75) is 44.7 Å². The third-order valence-electron chi connectivity index (χ3n) is 4.56. The van der Waals surface area contributed by atoms with E-state index >= 15 is 0 Å². The summed E-state index contributed by atoms with van der Waals surface area (Å²) in [6.45, 7) is 7.01. The number of hydrogen-bond donors (Lipinski definition) is 1. The predicted molar refractivity (Wildman–Crippen MR) is 68.5 cm³/mol. The summed E-state index contributed by atoms with van der Waals surface area (Å²) in [4.78, 5) is 5.17. The number of piperidine rings is 2. The van der Waals surface area contributed by atoms with Crippen molar-refractivity contribution in [2.75, 3.05) is 33.2 Å². The summed E-state index contributed by atoms with van der Waals surface area (Å²) in [7, 11) is 2.23. The van der Waals surface area contributed by atoms with E-state index in [0.29, 0.717) is 6.04 Å². The van der Waals surface area contributed by atoms with Gasteiger partial charge in [0.2, 0.25) is 0 Å². The molecular formula is C13H27N3. The van der Waals surface area contributed by atoms with Gasteiger partial charge in [0.15, 0.2) is 0 Å². The van der Waals surface area contributed by atoms with E-state index in [2.05, 4.69) is 23.8 Å². The van der Waals surface area contributed by atoms with Gasteiger partial charge in [0.05, 0.1) is 0 Å². The first kappa shape index (κ1) is 12.3. The molecule has 0 saturated carbocycles. The number of likely N-dealkylation sites (tertiary alicyclic amines) is 2. The van der Waals surface area contributed by atoms with Crippen molar-refractivity contribution < 1.29 is 0 Å². The Kier molecular flexibility index (Phi) is 4.22. The lowest BCUT2D eigenvalue weighted by Gasteiger charge is -2.46. The fraction of sp³-hybridized carbons (Fsp3) is 1.00. The van der Waals surface area contributed by atoms with Crippen molar-refractivity contribution in [1.29, 1.82) is 0 Å². The maximum Gasteiger partial charge on any atom is 0.0246 e. The van der Waals surface area contributed by atoms with E-state index in [-0.39, 0.29) is 0 Å². The lowest BCUT2D eigenvalue weighted by Crippen LogP contribution is -2.55. The Labute approximate surface area is 100.0 Å². The van der Waals surface area contributed by atoms with Gasteiger partial charge in [-0.1, -0.05) is 6.92 Å². The summed E-state index contributed by atoms with van der Waals surface area (Å²) in [5.74, 6) is 0.790. The van der Waals surface area contributed by atoms with Crippen LogP contribution < -0.4 is 5.73 Å². The molecule has 2 aliphatic heterocycles. The lowest BCUT2D eigenvalue weighted by atomic mass is 9.88. The van der Waals surface area contributed by atoms with Gasteiger partial charge in [-0.15, -0.1) is 0 Å². The summed E-state index contributed by atoms with van der Waals surface area (Å²) in [5.41, 5.74) is 5.97. The Morgan fingerprint density at radius 2 is 1.81 bits per heavy atom. The second kappa shape index (κ2) is 5.48. The van der Waals surface area contributed by atoms with E-state index in [4.69, 9.17) is 5.73 Å². The number of nitrogens with two attached hydrogens (primary N) is 1. The highest BCUT2D eigenvalue weighted by Crippen LogP contribution is 2.28. The molecular weight excluding hydrogens is 198 g/mol. The highest BCUT2D eigenvalue weighted by Gasteiger charge is 2.33. The third-order valence-corrected chi connectivity index (χ3v) is 4.56. The zero-order chi connectivity index (χ0) is 11.5. The van der Waals surface area contributed by atoms with Crippen molar-refractivity contribution in [3.8, 4) is 0 Å². The molecule has 3 nitrogen and oxygen atoms in total. The van der Waals surface area contributed by atoms with Crippen LogP contribution in [0.2, 0.25) is 0 Å². The first-order chi connectivity index (χ1) is 7.72. The van der Waals surface area contributed by atoms with Crippen molar-refractivity contribution in [3.63, 3.8) is 0 Å². The molecule has 2 atom stereocenters. The summed E-state index contributed by atoms with van der Waals surface area (Å²) in [6.07, 6.45) is 5.40. The third kappa shape index (κ3) is 2.58. The van der Waals surface area contributed by atoms with Gasteiger partial charge in [0, 0.05) is 18.6 Å². The van der Waals surface area contributed by atoms with Gasteiger partial charge in [-0.3, -0.25) is 4.90 Å². The Morgan fingerprint density at radius 3 is 2.44 bits per heavy atom. The number of rotatable bonds is 2. The molecule has 2 heterocycles. The smallest absolute Gasteiger partial charge is 0.0246 e. The Hall–Kier alpha value is -0.120. The summed E-state index contributed by atoms with van der Waals surface area (Å²) in [5, 5.41) is 0. The molecule has 2 unspecified atom stereocenters. The van der Waals surface area contributed by atoms with Crippen LogP contribution in [0.4, 0.5) is 0 Å². The predicted octanol–water partition coefficient (Wildman–Crippen LogP) is 1.14. The van der Waals surface area contributed by atoms with E-state index in [1.165, 1.54) is 45.3 Å². The summed E-state index contributed by atoms with van der Waals surface area (Å²) in [6, 6.07) is 1.44. The van der Waals surface area contributed by atoms with Gasteiger partial charge in [-0.25, -0.2) is 0 Å². The Bertz CT molecular complexity index is 211. The van der Waals surface area contributed by atoms with Gasteiger partial charge >= 0.3 is 0 Å². The van der Waals surface area contributed by atoms with Gasteiger partial charge in [-0.05, 0) is 58.3 Å². The largest absolute Gasteiger partial charge is 0.329 e. The van der Waals surface area contributed by atoms with Gasteiger partial charge < -0.3 is 10.6 Å². The van der Waals surface area contributed by atoms with Gasteiger partial charge in [0.1, 0.15) is 0 Å². The molecule has 16 heavy (non-hydrogen) atoms. The molecule has 2 N–H and O–H groups in total. The summed E-state index contributed by atoms with van der Waals surface area (Å²) >= 11 is 0. The van der Waals surface area contributed by atoms with E-state index in [0.717, 1.165) is 18.5 Å². The van der Waals surface area contributed by atoms with Crippen LogP contribution >= 0.6 is 0 Å². The Balaban J connectivity index is 1.95. The van der Waals surface area contributed by atoms with Crippen LogP contribution in [-0.2, 0) is 0 Å². The van der Waals surface area contributed by atoms with E-state index < -0.39 is 0 Å². The monoisotopic (exact) mass is 225 g/mol. The van der Waals surface area contributed by atoms with Crippen molar-refractivity contribution >= 4 is 0 Å². The Morgan fingerprint density at radius 1 is 1.12 bits per heavy atom. The molecule has 0 amide bonds. The van der Waals surface area contributed by atoms with E-state index in [1.807, 2.05) is 0 Å². The highest BCUT2D eigenvalue weighted by atomic mass is 15.2. The van der Waals surface area contributed by atoms with Crippen LogP contribution in [0.5, 0.6) is 0 Å². The molecule has 0 radical (unpaired) electrons. The molecule has 0 spiro atoms. The van der Waals surface area contributed by atoms with Crippen molar-refractivity contribution in [1.82, 2.24) is 9.80 Å². The minimum atomic E-state index is 0.641. The first-order valence-electron chi connectivity index (χ1n) is 6.86. The normalized spacial score (nSPS) is 35.4. The SMILES string of the molecule is CC1CCCN(C2CCN(C)CC2)C1CN.